The summed E-state index contributed by atoms with van der Waals surface area (Å²) >= 11 is 0. The van der Waals surface area contributed by atoms with E-state index >= 15 is 0 Å². The molecule has 1 rings (SSSR count). The number of ether oxygens (including phenoxy) is 1. The van der Waals surface area contributed by atoms with Crippen molar-refractivity contribution >= 4 is 5.78 Å². The highest BCUT2D eigenvalue weighted by molar-refractivity contribution is 5.98. The number of nitrogens with one attached hydrogen (secondary N) is 1. The van der Waals surface area contributed by atoms with Crippen molar-refractivity contribution in [2.75, 3.05) is 13.6 Å². The lowest BCUT2D eigenvalue weighted by Gasteiger charge is -2.13. The van der Waals surface area contributed by atoms with Crippen LogP contribution in [0.4, 0.5) is 0 Å². The van der Waals surface area contributed by atoms with Crippen molar-refractivity contribution in [2.24, 2.45) is 5.92 Å². The van der Waals surface area contributed by atoms with Gasteiger partial charge in [-0.15, -0.1) is 0 Å². The smallest absolute Gasteiger partial charge is 0.167 e. The van der Waals surface area contributed by atoms with Crippen molar-refractivity contribution in [3.8, 4) is 5.75 Å². The molecule has 94 valence electrons. The van der Waals surface area contributed by atoms with E-state index < -0.39 is 0 Å². The molecule has 3 nitrogen and oxygen atoms in total. The molecule has 1 N–H and O–H groups in total. The van der Waals surface area contributed by atoms with E-state index in [1.807, 2.05) is 52.1 Å². The molecular weight excluding hydrogens is 214 g/mol. The van der Waals surface area contributed by atoms with Crippen LogP contribution < -0.4 is 10.1 Å². The minimum absolute atomic E-state index is 0.0192. The molecule has 0 radical (unpaired) electrons. The average Bonchev–Trinajstić information content (AvgIpc) is 2.28. The van der Waals surface area contributed by atoms with Gasteiger partial charge in [0.2, 0.25) is 0 Å². The maximum atomic E-state index is 12.1. The van der Waals surface area contributed by atoms with E-state index in [0.29, 0.717) is 12.1 Å². The van der Waals surface area contributed by atoms with Gasteiger partial charge in [-0.25, -0.2) is 0 Å². The van der Waals surface area contributed by atoms with E-state index in [1.165, 1.54) is 0 Å². The Hall–Kier alpha value is -1.35. The minimum atomic E-state index is -0.0192. The van der Waals surface area contributed by atoms with Crippen molar-refractivity contribution < 1.29 is 9.53 Å². The Morgan fingerprint density at radius 1 is 1.35 bits per heavy atom. The van der Waals surface area contributed by atoms with E-state index in [-0.39, 0.29) is 17.8 Å². The number of hydrogen-bond donors (Lipinski definition) is 1. The number of Topliss-reactive ketones (excluding diaryl/α,β-unsaturated/α-hetero) is 1. The first kappa shape index (κ1) is 13.7. The van der Waals surface area contributed by atoms with Crippen LogP contribution in [-0.2, 0) is 0 Å². The van der Waals surface area contributed by atoms with Gasteiger partial charge in [-0.1, -0.05) is 19.1 Å². The molecule has 3 heteroatoms. The summed E-state index contributed by atoms with van der Waals surface area (Å²) in [5.74, 6) is 0.880. The maximum absolute atomic E-state index is 12.1. The second-order valence-corrected chi connectivity index (χ2v) is 4.52. The first-order valence-electron chi connectivity index (χ1n) is 6.00. The SMILES string of the molecule is CNCC(C)C(=O)c1cccc(OC(C)C)c1. The topological polar surface area (TPSA) is 38.3 Å². The standard InChI is InChI=1S/C14H21NO2/c1-10(2)17-13-7-5-6-12(8-13)14(16)11(3)9-15-4/h5-8,10-11,15H,9H2,1-4H3. The third kappa shape index (κ3) is 4.19. The molecule has 0 amide bonds. The van der Waals surface area contributed by atoms with Gasteiger partial charge in [0, 0.05) is 18.0 Å². The quantitative estimate of drug-likeness (QED) is 0.770. The summed E-state index contributed by atoms with van der Waals surface area (Å²) in [4.78, 5) is 12.1. The Balaban J connectivity index is 2.80. The Morgan fingerprint density at radius 2 is 2.06 bits per heavy atom. The zero-order chi connectivity index (χ0) is 12.8. The molecule has 1 aromatic carbocycles. The fourth-order valence-corrected chi connectivity index (χ4v) is 1.68. The number of rotatable bonds is 6. The van der Waals surface area contributed by atoms with Gasteiger partial charge in [-0.2, -0.15) is 0 Å². The zero-order valence-corrected chi connectivity index (χ0v) is 11.0. The molecule has 0 aliphatic heterocycles. The van der Waals surface area contributed by atoms with Crippen molar-refractivity contribution in [1.82, 2.24) is 5.32 Å². The van der Waals surface area contributed by atoms with E-state index in [4.69, 9.17) is 4.74 Å². The monoisotopic (exact) mass is 235 g/mol. The van der Waals surface area contributed by atoms with Gasteiger partial charge in [0.15, 0.2) is 5.78 Å². The molecular formula is C14H21NO2. The maximum Gasteiger partial charge on any atom is 0.167 e. The van der Waals surface area contributed by atoms with Crippen molar-refractivity contribution in [2.45, 2.75) is 26.9 Å². The third-order valence-corrected chi connectivity index (χ3v) is 2.45. The van der Waals surface area contributed by atoms with Gasteiger partial charge < -0.3 is 10.1 Å². The lowest BCUT2D eigenvalue weighted by Crippen LogP contribution is -2.23. The summed E-state index contributed by atoms with van der Waals surface area (Å²) in [6.07, 6.45) is 0.120. The molecule has 0 aliphatic carbocycles. The lowest BCUT2D eigenvalue weighted by atomic mass is 9.99. The molecule has 0 fully saturated rings. The van der Waals surface area contributed by atoms with Crippen LogP contribution in [-0.4, -0.2) is 25.5 Å². The molecule has 0 aromatic heterocycles. The van der Waals surface area contributed by atoms with E-state index in [9.17, 15) is 4.79 Å². The predicted octanol–water partition coefficient (Wildman–Crippen LogP) is 2.51. The molecule has 1 atom stereocenters. The van der Waals surface area contributed by atoms with Gasteiger partial charge in [0.1, 0.15) is 5.75 Å². The summed E-state index contributed by atoms with van der Waals surface area (Å²) in [5, 5.41) is 3.01. The summed E-state index contributed by atoms with van der Waals surface area (Å²) in [7, 11) is 1.85. The number of ketones is 1. The summed E-state index contributed by atoms with van der Waals surface area (Å²) in [5.41, 5.74) is 0.714. The van der Waals surface area contributed by atoms with Crippen molar-refractivity contribution in [1.29, 1.82) is 0 Å². The van der Waals surface area contributed by atoms with Gasteiger partial charge >= 0.3 is 0 Å². The van der Waals surface area contributed by atoms with Crippen LogP contribution in [0, 0.1) is 5.92 Å². The number of carbonyl (C=O) groups excluding carboxylic acids is 1. The number of carbonyl (C=O) groups is 1. The molecule has 0 bridgehead atoms. The first-order chi connectivity index (χ1) is 8.04. The van der Waals surface area contributed by atoms with Crippen LogP contribution in [0.5, 0.6) is 5.75 Å². The average molecular weight is 235 g/mol. The van der Waals surface area contributed by atoms with Crippen LogP contribution in [0.25, 0.3) is 0 Å². The second-order valence-electron chi connectivity index (χ2n) is 4.52. The van der Waals surface area contributed by atoms with E-state index in [1.54, 1.807) is 0 Å². The summed E-state index contributed by atoms with van der Waals surface area (Å²) in [6.45, 7) is 6.55. The van der Waals surface area contributed by atoms with Gasteiger partial charge in [-0.3, -0.25) is 4.79 Å². The van der Waals surface area contributed by atoms with Crippen molar-refractivity contribution in [3.05, 3.63) is 29.8 Å². The molecule has 0 saturated heterocycles. The second kappa shape index (κ2) is 6.40. The zero-order valence-electron chi connectivity index (χ0n) is 11.0. The Labute approximate surface area is 103 Å². The van der Waals surface area contributed by atoms with Gasteiger partial charge in [-0.05, 0) is 33.0 Å². The molecule has 1 unspecified atom stereocenters. The minimum Gasteiger partial charge on any atom is -0.491 e. The van der Waals surface area contributed by atoms with Crippen LogP contribution in [0.15, 0.2) is 24.3 Å². The third-order valence-electron chi connectivity index (χ3n) is 2.45. The Morgan fingerprint density at radius 3 is 2.65 bits per heavy atom. The normalized spacial score (nSPS) is 12.5. The van der Waals surface area contributed by atoms with E-state index in [2.05, 4.69) is 5.32 Å². The summed E-state index contributed by atoms with van der Waals surface area (Å²) < 4.78 is 5.58. The van der Waals surface area contributed by atoms with Crippen LogP contribution in [0.1, 0.15) is 31.1 Å². The lowest BCUT2D eigenvalue weighted by molar-refractivity contribution is 0.0929. The largest absolute Gasteiger partial charge is 0.491 e. The first-order valence-corrected chi connectivity index (χ1v) is 6.00. The highest BCUT2D eigenvalue weighted by atomic mass is 16.5. The number of hydrogen-bond acceptors (Lipinski definition) is 3. The highest BCUT2D eigenvalue weighted by Gasteiger charge is 2.14. The van der Waals surface area contributed by atoms with Crippen molar-refractivity contribution in [3.63, 3.8) is 0 Å². The summed E-state index contributed by atoms with van der Waals surface area (Å²) in [6, 6.07) is 7.38. The van der Waals surface area contributed by atoms with Crippen LogP contribution in [0.3, 0.4) is 0 Å². The molecule has 0 aliphatic rings. The number of benzene rings is 1. The highest BCUT2D eigenvalue weighted by Crippen LogP contribution is 2.17. The van der Waals surface area contributed by atoms with Gasteiger partial charge in [0.25, 0.3) is 0 Å². The Kier molecular flexibility index (Phi) is 5.16. The predicted molar refractivity (Wildman–Crippen MR) is 69.6 cm³/mol. The molecule has 0 spiro atoms. The van der Waals surface area contributed by atoms with Crippen LogP contribution in [0.2, 0.25) is 0 Å². The van der Waals surface area contributed by atoms with Gasteiger partial charge in [0.05, 0.1) is 6.10 Å². The fourth-order valence-electron chi connectivity index (χ4n) is 1.68. The molecule has 0 saturated carbocycles. The molecule has 1 aromatic rings. The Bertz CT molecular complexity index is 374. The van der Waals surface area contributed by atoms with E-state index in [0.717, 1.165) is 5.75 Å². The van der Waals surface area contributed by atoms with Crippen LogP contribution >= 0.6 is 0 Å². The molecule has 0 heterocycles. The fraction of sp³-hybridized carbons (Fsp3) is 0.500. The molecule has 17 heavy (non-hydrogen) atoms.